The molecule has 1 rings (SSSR count). The summed E-state index contributed by atoms with van der Waals surface area (Å²) in [6, 6.07) is 0.540. The zero-order valence-corrected chi connectivity index (χ0v) is 11.3. The van der Waals surface area contributed by atoms with Crippen molar-refractivity contribution in [2.45, 2.75) is 25.8 Å². The highest BCUT2D eigenvalue weighted by atomic mass is 32.1. The number of hydroxylamine groups is 2. The van der Waals surface area contributed by atoms with Gasteiger partial charge < -0.3 is 4.74 Å². The zero-order chi connectivity index (χ0) is 11.8. The van der Waals surface area contributed by atoms with Crippen molar-refractivity contribution in [3.05, 3.63) is 0 Å². The first kappa shape index (κ1) is 14.3. The van der Waals surface area contributed by atoms with Gasteiger partial charge in [-0.05, 0) is 19.8 Å². The van der Waals surface area contributed by atoms with Crippen molar-refractivity contribution >= 4 is 12.6 Å². The molecule has 1 fully saturated rings. The number of likely N-dealkylation sites (tertiary alicyclic amines) is 1. The van der Waals surface area contributed by atoms with Crippen molar-refractivity contribution < 1.29 is 9.57 Å². The lowest BCUT2D eigenvalue weighted by atomic mass is 10.1. The Morgan fingerprint density at radius 2 is 2.06 bits per heavy atom. The van der Waals surface area contributed by atoms with Crippen LogP contribution in [0, 0.1) is 0 Å². The van der Waals surface area contributed by atoms with E-state index in [2.05, 4.69) is 17.5 Å². The summed E-state index contributed by atoms with van der Waals surface area (Å²) in [6.45, 7) is 6.48. The molecule has 4 nitrogen and oxygen atoms in total. The van der Waals surface area contributed by atoms with Crippen LogP contribution in [0.5, 0.6) is 0 Å². The fraction of sp³-hybridized carbons (Fsp3) is 1.00. The van der Waals surface area contributed by atoms with Crippen molar-refractivity contribution in [1.29, 1.82) is 0 Å². The van der Waals surface area contributed by atoms with Gasteiger partial charge in [0.2, 0.25) is 0 Å². The number of piperidine rings is 1. The molecule has 0 atom stereocenters. The topological polar surface area (TPSA) is 24.9 Å². The number of hydrogen-bond acceptors (Lipinski definition) is 5. The third-order valence-corrected chi connectivity index (χ3v) is 3.12. The molecule has 0 aromatic rings. The fourth-order valence-corrected chi connectivity index (χ4v) is 2.00. The molecule has 1 aliphatic heterocycles. The van der Waals surface area contributed by atoms with Gasteiger partial charge in [0.1, 0.15) is 0 Å². The Bertz CT molecular complexity index is 175. The summed E-state index contributed by atoms with van der Waals surface area (Å²) in [7, 11) is 2.02. The highest BCUT2D eigenvalue weighted by molar-refractivity contribution is 7.80. The SMILES string of the molecule is CCOCN1CCC(N(C)OCCS)CC1. The normalized spacial score (nSPS) is 19.5. The Balaban J connectivity index is 2.15. The molecule has 0 saturated carbocycles. The van der Waals surface area contributed by atoms with Gasteiger partial charge in [0, 0.05) is 38.5 Å². The third kappa shape index (κ3) is 5.01. The van der Waals surface area contributed by atoms with Gasteiger partial charge in [-0.1, -0.05) is 0 Å². The van der Waals surface area contributed by atoms with Gasteiger partial charge in [-0.25, -0.2) is 0 Å². The number of thiol groups is 1. The Morgan fingerprint density at radius 3 is 2.62 bits per heavy atom. The quantitative estimate of drug-likeness (QED) is 0.541. The van der Waals surface area contributed by atoms with Crippen LogP contribution in [-0.4, -0.2) is 61.8 Å². The first-order chi connectivity index (χ1) is 7.77. The van der Waals surface area contributed by atoms with Crippen molar-refractivity contribution in [2.75, 3.05) is 45.8 Å². The second-order valence-corrected chi connectivity index (χ2v) is 4.52. The second kappa shape index (κ2) is 8.31. The number of ether oxygens (including phenoxy) is 1. The lowest BCUT2D eigenvalue weighted by Crippen LogP contribution is -2.44. The summed E-state index contributed by atoms with van der Waals surface area (Å²) in [5.41, 5.74) is 0. The number of hydrogen-bond donors (Lipinski definition) is 1. The molecule has 96 valence electrons. The largest absolute Gasteiger partial charge is 0.366 e. The van der Waals surface area contributed by atoms with Gasteiger partial charge in [0.15, 0.2) is 0 Å². The minimum atomic E-state index is 0.540. The maximum absolute atomic E-state index is 5.55. The van der Waals surface area contributed by atoms with Crippen LogP contribution >= 0.6 is 12.6 Å². The number of rotatable bonds is 7. The summed E-state index contributed by atoms with van der Waals surface area (Å²) in [5.74, 6) is 0.771. The van der Waals surface area contributed by atoms with E-state index in [0.29, 0.717) is 12.6 Å². The number of nitrogens with zero attached hydrogens (tertiary/aromatic N) is 2. The molecule has 0 radical (unpaired) electrons. The van der Waals surface area contributed by atoms with Crippen molar-refractivity contribution in [2.24, 2.45) is 0 Å². The van der Waals surface area contributed by atoms with E-state index in [-0.39, 0.29) is 0 Å². The molecule has 0 N–H and O–H groups in total. The minimum Gasteiger partial charge on any atom is -0.366 e. The van der Waals surface area contributed by atoms with Crippen molar-refractivity contribution in [3.8, 4) is 0 Å². The van der Waals surface area contributed by atoms with Crippen LogP contribution in [0.15, 0.2) is 0 Å². The van der Waals surface area contributed by atoms with Gasteiger partial charge in [0.05, 0.1) is 13.3 Å². The average Bonchev–Trinajstić information content (AvgIpc) is 2.34. The van der Waals surface area contributed by atoms with Crippen LogP contribution in [0.25, 0.3) is 0 Å². The molecule has 0 amide bonds. The maximum Gasteiger partial charge on any atom is 0.0990 e. The zero-order valence-electron chi connectivity index (χ0n) is 10.4. The first-order valence-electron chi connectivity index (χ1n) is 6.04. The van der Waals surface area contributed by atoms with Gasteiger partial charge in [-0.3, -0.25) is 9.74 Å². The molecule has 1 heterocycles. The molecule has 16 heavy (non-hydrogen) atoms. The van der Waals surface area contributed by atoms with Crippen LogP contribution in [0.4, 0.5) is 0 Å². The summed E-state index contributed by atoms with van der Waals surface area (Å²) in [6.07, 6.45) is 2.30. The predicted molar refractivity (Wildman–Crippen MR) is 68.7 cm³/mol. The lowest BCUT2D eigenvalue weighted by Gasteiger charge is -2.35. The molecule has 0 spiro atoms. The Labute approximate surface area is 104 Å². The standard InChI is InChI=1S/C11H24N2O2S/c1-3-14-10-13-6-4-11(5-7-13)12(2)15-8-9-16/h11,16H,3-10H2,1-2H3. The van der Waals surface area contributed by atoms with Gasteiger partial charge >= 0.3 is 0 Å². The van der Waals surface area contributed by atoms with Crippen LogP contribution in [0.1, 0.15) is 19.8 Å². The molecule has 0 aromatic heterocycles. The van der Waals surface area contributed by atoms with Crippen LogP contribution in [-0.2, 0) is 9.57 Å². The summed E-state index contributed by atoms with van der Waals surface area (Å²) in [5, 5.41) is 1.99. The molecular formula is C11H24N2O2S. The highest BCUT2D eigenvalue weighted by Crippen LogP contribution is 2.15. The molecule has 0 bridgehead atoms. The van der Waals surface area contributed by atoms with E-state index in [1.54, 1.807) is 0 Å². The van der Waals surface area contributed by atoms with Gasteiger partial charge in [0.25, 0.3) is 0 Å². The molecule has 0 aliphatic carbocycles. The molecule has 0 unspecified atom stereocenters. The molecule has 1 saturated heterocycles. The fourth-order valence-electron chi connectivity index (χ4n) is 1.92. The summed E-state index contributed by atoms with van der Waals surface area (Å²) >= 11 is 4.14. The van der Waals surface area contributed by atoms with E-state index in [4.69, 9.17) is 9.57 Å². The van der Waals surface area contributed by atoms with E-state index in [1.165, 1.54) is 0 Å². The monoisotopic (exact) mass is 248 g/mol. The highest BCUT2D eigenvalue weighted by Gasteiger charge is 2.22. The lowest BCUT2D eigenvalue weighted by molar-refractivity contribution is -0.173. The molecule has 0 aromatic carbocycles. The minimum absolute atomic E-state index is 0.540. The van der Waals surface area contributed by atoms with Crippen molar-refractivity contribution in [3.63, 3.8) is 0 Å². The maximum atomic E-state index is 5.55. The third-order valence-electron chi connectivity index (χ3n) is 2.94. The van der Waals surface area contributed by atoms with E-state index in [9.17, 15) is 0 Å². The molecular weight excluding hydrogens is 224 g/mol. The van der Waals surface area contributed by atoms with E-state index in [1.807, 2.05) is 19.0 Å². The average molecular weight is 248 g/mol. The second-order valence-electron chi connectivity index (χ2n) is 4.07. The Kier molecular flexibility index (Phi) is 7.40. The van der Waals surface area contributed by atoms with Crippen molar-refractivity contribution in [1.82, 2.24) is 9.96 Å². The Hall–Kier alpha value is 0.190. The smallest absolute Gasteiger partial charge is 0.0990 e. The van der Waals surface area contributed by atoms with Crippen LogP contribution < -0.4 is 0 Å². The van der Waals surface area contributed by atoms with Crippen LogP contribution in [0.2, 0.25) is 0 Å². The first-order valence-corrected chi connectivity index (χ1v) is 6.67. The van der Waals surface area contributed by atoms with Crippen LogP contribution in [0.3, 0.4) is 0 Å². The summed E-state index contributed by atoms with van der Waals surface area (Å²) in [4.78, 5) is 7.91. The molecule has 1 aliphatic rings. The Morgan fingerprint density at radius 1 is 1.38 bits per heavy atom. The van der Waals surface area contributed by atoms with Gasteiger partial charge in [-0.15, -0.1) is 0 Å². The van der Waals surface area contributed by atoms with E-state index >= 15 is 0 Å². The van der Waals surface area contributed by atoms with E-state index in [0.717, 1.165) is 45.0 Å². The predicted octanol–water partition coefficient (Wildman–Crippen LogP) is 1.24. The van der Waals surface area contributed by atoms with E-state index < -0.39 is 0 Å². The van der Waals surface area contributed by atoms with Gasteiger partial charge in [-0.2, -0.15) is 17.7 Å². The molecule has 5 heteroatoms. The summed E-state index contributed by atoms with van der Waals surface area (Å²) < 4.78 is 5.40.